The van der Waals surface area contributed by atoms with Gasteiger partial charge in [-0.3, -0.25) is 14.6 Å². The Morgan fingerprint density at radius 1 is 1.30 bits per heavy atom. The molecule has 0 spiro atoms. The summed E-state index contributed by atoms with van der Waals surface area (Å²) in [4.78, 5) is 11.1. The number of nitrogens with zero attached hydrogens (tertiary/aromatic N) is 5. The van der Waals surface area contributed by atoms with Crippen LogP contribution in [0.15, 0.2) is 11.3 Å². The zero-order valence-corrected chi connectivity index (χ0v) is 14.9. The SMILES string of the molecule is CN=C(NCc1ncnn1C)NCC(CC(C)C)N1CCCC1. The standard InChI is InChI=1S/C16H31N7/c1-13(2)9-14(23-7-5-6-8-23)10-18-16(17-3)19-11-15-20-12-21-22(15)4/h12-14H,5-11H2,1-4H3,(H2,17,18,19). The molecule has 0 saturated carbocycles. The van der Waals surface area contributed by atoms with Crippen LogP contribution < -0.4 is 10.6 Å². The molecule has 1 fully saturated rings. The Hall–Kier alpha value is -1.63. The molecule has 2 N–H and O–H groups in total. The number of nitrogens with one attached hydrogen (secondary N) is 2. The number of hydrogen-bond acceptors (Lipinski definition) is 4. The first-order valence-electron chi connectivity index (χ1n) is 8.61. The van der Waals surface area contributed by atoms with Crippen LogP contribution in [0.4, 0.5) is 0 Å². The first kappa shape index (κ1) is 17.7. The molecule has 0 radical (unpaired) electrons. The molecule has 130 valence electrons. The van der Waals surface area contributed by atoms with E-state index >= 15 is 0 Å². The van der Waals surface area contributed by atoms with Crippen molar-refractivity contribution < 1.29 is 0 Å². The molecule has 1 aliphatic rings. The largest absolute Gasteiger partial charge is 0.355 e. The Morgan fingerprint density at radius 3 is 2.61 bits per heavy atom. The van der Waals surface area contributed by atoms with E-state index in [1.54, 1.807) is 18.1 Å². The molecule has 1 atom stereocenters. The van der Waals surface area contributed by atoms with Gasteiger partial charge in [0.2, 0.25) is 0 Å². The van der Waals surface area contributed by atoms with Crippen molar-refractivity contribution in [2.75, 3.05) is 26.7 Å². The minimum atomic E-state index is 0.575. The van der Waals surface area contributed by atoms with Gasteiger partial charge >= 0.3 is 0 Å². The molecule has 0 aromatic carbocycles. The molecule has 1 aromatic heterocycles. The Morgan fingerprint density at radius 2 is 2.04 bits per heavy atom. The molecule has 23 heavy (non-hydrogen) atoms. The van der Waals surface area contributed by atoms with E-state index < -0.39 is 0 Å². The topological polar surface area (TPSA) is 70.4 Å². The van der Waals surface area contributed by atoms with Crippen molar-refractivity contribution in [1.82, 2.24) is 30.3 Å². The second-order valence-corrected chi connectivity index (χ2v) is 6.63. The highest BCUT2D eigenvalue weighted by Crippen LogP contribution is 2.17. The number of guanidine groups is 1. The van der Waals surface area contributed by atoms with E-state index in [4.69, 9.17) is 0 Å². The molecular formula is C16H31N7. The molecule has 2 rings (SSSR count). The maximum absolute atomic E-state index is 4.31. The first-order valence-corrected chi connectivity index (χ1v) is 8.61. The summed E-state index contributed by atoms with van der Waals surface area (Å²) in [7, 11) is 3.70. The number of hydrogen-bond donors (Lipinski definition) is 2. The van der Waals surface area contributed by atoms with Crippen LogP contribution in [0, 0.1) is 5.92 Å². The van der Waals surface area contributed by atoms with Crippen LogP contribution in [0.2, 0.25) is 0 Å². The zero-order valence-electron chi connectivity index (χ0n) is 14.9. The fraction of sp³-hybridized carbons (Fsp3) is 0.812. The highest BCUT2D eigenvalue weighted by atomic mass is 15.3. The van der Waals surface area contributed by atoms with Crippen LogP contribution in [-0.2, 0) is 13.6 Å². The van der Waals surface area contributed by atoms with Crippen LogP contribution in [0.25, 0.3) is 0 Å². The normalized spacial score (nSPS) is 17.7. The number of aromatic nitrogens is 3. The summed E-state index contributed by atoms with van der Waals surface area (Å²) >= 11 is 0. The summed E-state index contributed by atoms with van der Waals surface area (Å²) in [6.07, 6.45) is 5.44. The van der Waals surface area contributed by atoms with Crippen LogP contribution in [-0.4, -0.2) is 58.3 Å². The molecule has 1 unspecified atom stereocenters. The van der Waals surface area contributed by atoms with Gasteiger partial charge in [-0.05, 0) is 38.3 Å². The predicted molar refractivity (Wildman–Crippen MR) is 93.3 cm³/mol. The third kappa shape index (κ3) is 5.49. The minimum absolute atomic E-state index is 0.575. The van der Waals surface area contributed by atoms with Crippen LogP contribution in [0.1, 0.15) is 38.9 Å². The minimum Gasteiger partial charge on any atom is -0.355 e. The van der Waals surface area contributed by atoms with Crippen molar-refractivity contribution in [1.29, 1.82) is 0 Å². The van der Waals surface area contributed by atoms with Crippen molar-refractivity contribution >= 4 is 5.96 Å². The van der Waals surface area contributed by atoms with E-state index in [1.807, 2.05) is 7.05 Å². The molecule has 7 heteroatoms. The third-order valence-corrected chi connectivity index (χ3v) is 4.35. The first-order chi connectivity index (χ1) is 11.1. The lowest BCUT2D eigenvalue weighted by Crippen LogP contribution is -2.46. The second-order valence-electron chi connectivity index (χ2n) is 6.63. The average Bonchev–Trinajstić information content (AvgIpc) is 3.17. The molecule has 7 nitrogen and oxygen atoms in total. The maximum atomic E-state index is 4.31. The molecule has 1 saturated heterocycles. The molecule has 0 aliphatic carbocycles. The van der Waals surface area contributed by atoms with E-state index in [-0.39, 0.29) is 0 Å². The van der Waals surface area contributed by atoms with Gasteiger partial charge in [0, 0.05) is 26.7 Å². The monoisotopic (exact) mass is 321 g/mol. The molecule has 2 heterocycles. The fourth-order valence-corrected chi connectivity index (χ4v) is 3.09. The number of aliphatic imine (C=N–C) groups is 1. The molecule has 0 amide bonds. The predicted octanol–water partition coefficient (Wildman–Crippen LogP) is 0.991. The second kappa shape index (κ2) is 8.86. The zero-order chi connectivity index (χ0) is 16.7. The van der Waals surface area contributed by atoms with Gasteiger partial charge in [0.15, 0.2) is 5.96 Å². The fourth-order valence-electron chi connectivity index (χ4n) is 3.09. The van der Waals surface area contributed by atoms with Gasteiger partial charge in [-0.1, -0.05) is 13.8 Å². The summed E-state index contributed by atoms with van der Waals surface area (Å²) in [5.74, 6) is 2.42. The third-order valence-electron chi connectivity index (χ3n) is 4.35. The Bertz CT molecular complexity index is 488. The number of likely N-dealkylation sites (tertiary alicyclic amines) is 1. The molecule has 0 bridgehead atoms. The average molecular weight is 321 g/mol. The van der Waals surface area contributed by atoms with Gasteiger partial charge in [0.25, 0.3) is 0 Å². The van der Waals surface area contributed by atoms with Crippen molar-refractivity contribution in [3.8, 4) is 0 Å². The summed E-state index contributed by atoms with van der Waals surface area (Å²) in [5.41, 5.74) is 0. The van der Waals surface area contributed by atoms with Crippen LogP contribution in [0.3, 0.4) is 0 Å². The van der Waals surface area contributed by atoms with E-state index in [0.29, 0.717) is 18.5 Å². The van der Waals surface area contributed by atoms with Gasteiger partial charge in [0.1, 0.15) is 12.2 Å². The van der Waals surface area contributed by atoms with Gasteiger partial charge in [-0.2, -0.15) is 5.10 Å². The molecule has 1 aliphatic heterocycles. The van der Waals surface area contributed by atoms with E-state index in [2.05, 4.69) is 44.5 Å². The lowest BCUT2D eigenvalue weighted by molar-refractivity contribution is 0.213. The lowest BCUT2D eigenvalue weighted by Gasteiger charge is -2.29. The van der Waals surface area contributed by atoms with Gasteiger partial charge < -0.3 is 10.6 Å². The van der Waals surface area contributed by atoms with Crippen LogP contribution in [0.5, 0.6) is 0 Å². The quantitative estimate of drug-likeness (QED) is 0.579. The summed E-state index contributed by atoms with van der Waals surface area (Å²) in [6, 6.07) is 0.575. The Kier molecular flexibility index (Phi) is 6.83. The van der Waals surface area contributed by atoms with E-state index in [9.17, 15) is 0 Å². The summed E-state index contributed by atoms with van der Waals surface area (Å²) in [6.45, 7) is 8.59. The van der Waals surface area contributed by atoms with Gasteiger partial charge in [0.05, 0.1) is 6.54 Å². The van der Waals surface area contributed by atoms with Crippen molar-refractivity contribution in [2.45, 2.75) is 45.7 Å². The lowest BCUT2D eigenvalue weighted by atomic mass is 10.0. The Balaban J connectivity index is 1.83. The molecular weight excluding hydrogens is 290 g/mol. The maximum Gasteiger partial charge on any atom is 0.191 e. The van der Waals surface area contributed by atoms with Crippen molar-refractivity contribution in [3.63, 3.8) is 0 Å². The molecule has 1 aromatic rings. The highest BCUT2D eigenvalue weighted by molar-refractivity contribution is 5.79. The summed E-state index contributed by atoms with van der Waals surface area (Å²) in [5, 5.41) is 10.9. The summed E-state index contributed by atoms with van der Waals surface area (Å²) < 4.78 is 1.77. The van der Waals surface area contributed by atoms with Crippen molar-refractivity contribution in [3.05, 3.63) is 12.2 Å². The Labute approximate surface area is 139 Å². The van der Waals surface area contributed by atoms with Gasteiger partial charge in [-0.25, -0.2) is 4.98 Å². The number of rotatable bonds is 7. The van der Waals surface area contributed by atoms with E-state index in [0.717, 1.165) is 18.3 Å². The smallest absolute Gasteiger partial charge is 0.191 e. The van der Waals surface area contributed by atoms with Crippen LogP contribution >= 0.6 is 0 Å². The van der Waals surface area contributed by atoms with Crippen molar-refractivity contribution in [2.24, 2.45) is 18.0 Å². The highest BCUT2D eigenvalue weighted by Gasteiger charge is 2.22. The van der Waals surface area contributed by atoms with Gasteiger partial charge in [-0.15, -0.1) is 0 Å². The number of aryl methyl sites for hydroxylation is 1. The van der Waals surface area contributed by atoms with E-state index in [1.165, 1.54) is 32.4 Å².